The quantitative estimate of drug-likeness (QED) is 0.804. The highest BCUT2D eigenvalue weighted by Gasteiger charge is 2.30. The Bertz CT molecular complexity index is 878. The summed E-state index contributed by atoms with van der Waals surface area (Å²) >= 11 is 0. The van der Waals surface area contributed by atoms with Crippen LogP contribution < -0.4 is 9.64 Å². The summed E-state index contributed by atoms with van der Waals surface area (Å²) < 4.78 is 32.5. The summed E-state index contributed by atoms with van der Waals surface area (Å²) in [4.78, 5) is 2.60. The predicted octanol–water partition coefficient (Wildman–Crippen LogP) is 3.50. The van der Waals surface area contributed by atoms with Gasteiger partial charge in [-0.3, -0.25) is 0 Å². The van der Waals surface area contributed by atoms with E-state index in [0.29, 0.717) is 36.8 Å². The lowest BCUT2D eigenvalue weighted by molar-refractivity contribution is 0.383. The lowest BCUT2D eigenvalue weighted by Crippen LogP contribution is -2.49. The highest BCUT2D eigenvalue weighted by molar-refractivity contribution is 7.89. The van der Waals surface area contributed by atoms with Gasteiger partial charge in [-0.15, -0.1) is 0 Å². The van der Waals surface area contributed by atoms with Crippen LogP contribution in [0.2, 0.25) is 0 Å². The lowest BCUT2D eigenvalue weighted by Gasteiger charge is -2.38. The van der Waals surface area contributed by atoms with Gasteiger partial charge in [-0.1, -0.05) is 39.0 Å². The lowest BCUT2D eigenvalue weighted by atomic mass is 9.85. The van der Waals surface area contributed by atoms with Crippen LogP contribution in [0.3, 0.4) is 0 Å². The molecule has 0 aromatic heterocycles. The molecule has 0 spiro atoms. The molecule has 27 heavy (non-hydrogen) atoms. The molecule has 0 saturated carbocycles. The highest BCUT2D eigenvalue weighted by atomic mass is 32.2. The van der Waals surface area contributed by atoms with Crippen molar-refractivity contribution < 1.29 is 13.2 Å². The number of rotatable bonds is 4. The smallest absolute Gasteiger partial charge is 0.243 e. The number of hydrogen-bond acceptors (Lipinski definition) is 4. The van der Waals surface area contributed by atoms with Crippen LogP contribution in [0.1, 0.15) is 26.3 Å². The molecule has 1 fully saturated rings. The van der Waals surface area contributed by atoms with Gasteiger partial charge in [0.2, 0.25) is 10.0 Å². The first-order valence-corrected chi connectivity index (χ1v) is 10.7. The molecule has 0 radical (unpaired) electrons. The number of nitrogens with zero attached hydrogens (tertiary/aromatic N) is 2. The van der Waals surface area contributed by atoms with Crippen LogP contribution in [0.15, 0.2) is 53.4 Å². The fraction of sp³-hybridized carbons (Fsp3) is 0.429. The van der Waals surface area contributed by atoms with Gasteiger partial charge in [-0.05, 0) is 41.3 Å². The van der Waals surface area contributed by atoms with E-state index in [1.54, 1.807) is 35.7 Å². The first kappa shape index (κ1) is 19.7. The zero-order valence-corrected chi connectivity index (χ0v) is 17.3. The Hall–Kier alpha value is -2.05. The third-order valence-electron chi connectivity index (χ3n) is 4.99. The van der Waals surface area contributed by atoms with Gasteiger partial charge in [0.1, 0.15) is 5.75 Å². The van der Waals surface area contributed by atoms with Crippen molar-refractivity contribution in [3.63, 3.8) is 0 Å². The molecular weight excluding hydrogens is 360 g/mol. The molecule has 2 aromatic rings. The Morgan fingerprint density at radius 2 is 1.48 bits per heavy atom. The van der Waals surface area contributed by atoms with E-state index < -0.39 is 10.0 Å². The van der Waals surface area contributed by atoms with Gasteiger partial charge in [0.15, 0.2) is 0 Å². The number of para-hydroxylation sites is 1. The molecule has 3 rings (SSSR count). The van der Waals surface area contributed by atoms with Crippen molar-refractivity contribution in [2.45, 2.75) is 31.1 Å². The summed E-state index contributed by atoms with van der Waals surface area (Å²) in [6, 6.07) is 15.0. The summed E-state index contributed by atoms with van der Waals surface area (Å²) in [6.07, 6.45) is 0. The van der Waals surface area contributed by atoms with E-state index in [2.05, 4.69) is 43.9 Å². The number of piperazine rings is 1. The average Bonchev–Trinajstić information content (AvgIpc) is 2.67. The van der Waals surface area contributed by atoms with Crippen LogP contribution >= 0.6 is 0 Å². The first-order valence-electron chi connectivity index (χ1n) is 9.22. The van der Waals surface area contributed by atoms with Gasteiger partial charge in [0.05, 0.1) is 12.0 Å². The molecule has 1 aliphatic rings. The Balaban J connectivity index is 1.75. The van der Waals surface area contributed by atoms with Crippen molar-refractivity contribution in [3.8, 4) is 5.75 Å². The Morgan fingerprint density at radius 3 is 2.04 bits per heavy atom. The number of benzene rings is 2. The molecule has 1 aliphatic heterocycles. The van der Waals surface area contributed by atoms with E-state index in [1.165, 1.54) is 11.3 Å². The van der Waals surface area contributed by atoms with Crippen LogP contribution in [-0.2, 0) is 15.4 Å². The topological polar surface area (TPSA) is 49.9 Å². The van der Waals surface area contributed by atoms with Crippen molar-refractivity contribution >= 4 is 15.7 Å². The molecule has 0 unspecified atom stereocenters. The number of methoxy groups -OCH3 is 1. The fourth-order valence-electron chi connectivity index (χ4n) is 3.45. The number of ether oxygens (including phenoxy) is 1. The maximum absolute atomic E-state index is 12.9. The van der Waals surface area contributed by atoms with E-state index in [9.17, 15) is 8.42 Å². The van der Waals surface area contributed by atoms with Crippen LogP contribution in [0.4, 0.5) is 5.69 Å². The third kappa shape index (κ3) is 4.12. The third-order valence-corrected chi connectivity index (χ3v) is 6.90. The summed E-state index contributed by atoms with van der Waals surface area (Å²) in [7, 11) is -1.91. The van der Waals surface area contributed by atoms with E-state index >= 15 is 0 Å². The van der Waals surface area contributed by atoms with Crippen molar-refractivity contribution in [1.29, 1.82) is 0 Å². The average molecular weight is 389 g/mol. The van der Waals surface area contributed by atoms with Gasteiger partial charge in [-0.2, -0.15) is 4.31 Å². The van der Waals surface area contributed by atoms with Crippen LogP contribution in [0.25, 0.3) is 0 Å². The zero-order valence-electron chi connectivity index (χ0n) is 16.5. The van der Waals surface area contributed by atoms with Gasteiger partial charge in [0.25, 0.3) is 0 Å². The highest BCUT2D eigenvalue weighted by Crippen LogP contribution is 2.32. The second kappa shape index (κ2) is 7.52. The molecule has 0 bridgehead atoms. The maximum atomic E-state index is 12.9. The largest absolute Gasteiger partial charge is 0.497 e. The molecular formula is C21H28N2O3S. The van der Waals surface area contributed by atoms with Crippen LogP contribution in [-0.4, -0.2) is 46.0 Å². The monoisotopic (exact) mass is 388 g/mol. The molecule has 0 aliphatic carbocycles. The molecule has 1 heterocycles. The van der Waals surface area contributed by atoms with E-state index in [4.69, 9.17) is 4.74 Å². The van der Waals surface area contributed by atoms with Crippen molar-refractivity contribution in [2.75, 3.05) is 38.2 Å². The molecule has 0 atom stereocenters. The minimum Gasteiger partial charge on any atom is -0.497 e. The Labute approximate surface area is 162 Å². The Morgan fingerprint density at radius 1 is 0.889 bits per heavy atom. The zero-order chi connectivity index (χ0) is 19.7. The SMILES string of the molecule is COc1ccc(S(=O)(=O)N2CCN(c3ccccc3C(C)(C)C)CC2)cc1. The minimum absolute atomic E-state index is 0.0445. The number of sulfonamides is 1. The Kier molecular flexibility index (Phi) is 5.49. The molecule has 146 valence electrons. The van der Waals surface area contributed by atoms with Gasteiger partial charge >= 0.3 is 0 Å². The normalized spacial score (nSPS) is 16.4. The maximum Gasteiger partial charge on any atom is 0.243 e. The van der Waals surface area contributed by atoms with Crippen molar-refractivity contribution in [1.82, 2.24) is 4.31 Å². The van der Waals surface area contributed by atoms with Gasteiger partial charge in [-0.25, -0.2) is 8.42 Å². The molecule has 2 aromatic carbocycles. The summed E-state index contributed by atoms with van der Waals surface area (Å²) in [5.74, 6) is 0.651. The fourth-order valence-corrected chi connectivity index (χ4v) is 4.87. The predicted molar refractivity (Wildman–Crippen MR) is 109 cm³/mol. The summed E-state index contributed by atoms with van der Waals surface area (Å²) in [5, 5.41) is 0. The number of hydrogen-bond donors (Lipinski definition) is 0. The molecule has 0 N–H and O–H groups in total. The molecule has 0 amide bonds. The van der Waals surface area contributed by atoms with E-state index in [1.807, 2.05) is 6.07 Å². The van der Waals surface area contributed by atoms with Crippen molar-refractivity contribution in [3.05, 3.63) is 54.1 Å². The second-order valence-electron chi connectivity index (χ2n) is 7.83. The molecule has 6 heteroatoms. The minimum atomic E-state index is -3.48. The molecule has 5 nitrogen and oxygen atoms in total. The van der Waals surface area contributed by atoms with Crippen LogP contribution in [0.5, 0.6) is 5.75 Å². The standard InChI is InChI=1S/C21H28N2O3S/c1-21(2,3)19-7-5-6-8-20(19)22-13-15-23(16-14-22)27(24,25)18-11-9-17(26-4)10-12-18/h5-12H,13-16H2,1-4H3. The first-order chi connectivity index (χ1) is 12.7. The number of anilines is 1. The van der Waals surface area contributed by atoms with Gasteiger partial charge in [0, 0.05) is 31.9 Å². The summed E-state index contributed by atoms with van der Waals surface area (Å²) in [5.41, 5.74) is 2.53. The van der Waals surface area contributed by atoms with E-state index in [-0.39, 0.29) is 5.41 Å². The van der Waals surface area contributed by atoms with Crippen LogP contribution in [0, 0.1) is 0 Å². The van der Waals surface area contributed by atoms with E-state index in [0.717, 1.165) is 0 Å². The second-order valence-corrected chi connectivity index (χ2v) is 9.77. The summed E-state index contributed by atoms with van der Waals surface area (Å²) in [6.45, 7) is 8.94. The van der Waals surface area contributed by atoms with Crippen molar-refractivity contribution in [2.24, 2.45) is 0 Å². The van der Waals surface area contributed by atoms with Gasteiger partial charge < -0.3 is 9.64 Å². The molecule has 1 saturated heterocycles.